The molecule has 112 valence electrons. The summed E-state index contributed by atoms with van der Waals surface area (Å²) < 4.78 is 19.1. The maximum Gasteiger partial charge on any atom is 0.127 e. The molecule has 2 rings (SSSR count). The topological polar surface area (TPSA) is 9.23 Å². The van der Waals surface area contributed by atoms with Gasteiger partial charge in [0, 0.05) is 5.02 Å². The van der Waals surface area contributed by atoms with Crippen LogP contribution in [0.25, 0.3) is 0 Å². The van der Waals surface area contributed by atoms with Crippen LogP contribution in [0.15, 0.2) is 36.4 Å². The van der Waals surface area contributed by atoms with Crippen LogP contribution in [0.5, 0.6) is 5.75 Å². The number of benzene rings is 2. The van der Waals surface area contributed by atoms with Crippen molar-refractivity contribution in [2.45, 2.75) is 25.6 Å². The number of alkyl halides is 1. The zero-order valence-corrected chi connectivity index (χ0v) is 13.5. The third-order valence-electron chi connectivity index (χ3n) is 3.17. The van der Waals surface area contributed by atoms with Gasteiger partial charge >= 0.3 is 0 Å². The van der Waals surface area contributed by atoms with Crippen LogP contribution in [-0.4, -0.2) is 6.61 Å². The van der Waals surface area contributed by atoms with Crippen LogP contribution < -0.4 is 4.74 Å². The van der Waals surface area contributed by atoms with E-state index >= 15 is 0 Å². The van der Waals surface area contributed by atoms with Crippen molar-refractivity contribution in [2.24, 2.45) is 0 Å². The van der Waals surface area contributed by atoms with Crippen LogP contribution in [0, 0.1) is 12.7 Å². The number of hydrogen-bond donors (Lipinski definition) is 0. The summed E-state index contributed by atoms with van der Waals surface area (Å²) in [6.45, 7) is 4.40. The predicted octanol–water partition coefficient (Wildman–Crippen LogP) is 5.90. The molecule has 1 nitrogen and oxygen atoms in total. The SMILES string of the molecule is CCCOc1cccc(C(Cl)c2cc(C)c(F)cc2Cl)c1. The lowest BCUT2D eigenvalue weighted by atomic mass is 10.0. The smallest absolute Gasteiger partial charge is 0.127 e. The second-order valence-corrected chi connectivity index (χ2v) is 5.75. The Morgan fingerprint density at radius 2 is 2.00 bits per heavy atom. The normalized spacial score (nSPS) is 12.2. The molecule has 1 atom stereocenters. The minimum Gasteiger partial charge on any atom is -0.494 e. The highest BCUT2D eigenvalue weighted by Crippen LogP contribution is 2.36. The first-order valence-electron chi connectivity index (χ1n) is 6.85. The van der Waals surface area contributed by atoms with Crippen molar-refractivity contribution in [3.8, 4) is 5.75 Å². The predicted molar refractivity (Wildman–Crippen MR) is 86.1 cm³/mol. The average molecular weight is 327 g/mol. The first-order valence-corrected chi connectivity index (χ1v) is 7.66. The number of halogens is 3. The van der Waals surface area contributed by atoms with Gasteiger partial charge in [0.15, 0.2) is 0 Å². The van der Waals surface area contributed by atoms with Crippen LogP contribution >= 0.6 is 23.2 Å². The second-order valence-electron chi connectivity index (χ2n) is 4.91. The Hall–Kier alpha value is -1.25. The summed E-state index contributed by atoms with van der Waals surface area (Å²) in [4.78, 5) is 0. The number of ether oxygens (including phenoxy) is 1. The summed E-state index contributed by atoms with van der Waals surface area (Å²) in [6, 6.07) is 10.6. The Labute approximate surface area is 134 Å². The molecular formula is C17H17Cl2FO. The molecule has 0 aliphatic rings. The van der Waals surface area contributed by atoms with Crippen LogP contribution in [0.2, 0.25) is 5.02 Å². The lowest BCUT2D eigenvalue weighted by molar-refractivity contribution is 0.317. The quantitative estimate of drug-likeness (QED) is 0.621. The van der Waals surface area contributed by atoms with Crippen molar-refractivity contribution in [3.63, 3.8) is 0 Å². The van der Waals surface area contributed by atoms with E-state index in [9.17, 15) is 4.39 Å². The van der Waals surface area contributed by atoms with E-state index in [0.717, 1.165) is 17.7 Å². The van der Waals surface area contributed by atoms with Gasteiger partial charge in [0.1, 0.15) is 11.6 Å². The number of hydrogen-bond acceptors (Lipinski definition) is 1. The third-order valence-corrected chi connectivity index (χ3v) is 3.99. The monoisotopic (exact) mass is 326 g/mol. The largest absolute Gasteiger partial charge is 0.494 e. The molecule has 0 saturated heterocycles. The molecule has 21 heavy (non-hydrogen) atoms. The zero-order valence-electron chi connectivity index (χ0n) is 12.0. The average Bonchev–Trinajstić information content (AvgIpc) is 2.48. The van der Waals surface area contributed by atoms with Gasteiger partial charge in [-0.3, -0.25) is 0 Å². The standard InChI is InChI=1S/C17H17Cl2FO/c1-3-7-21-13-6-4-5-12(9-13)17(19)14-8-11(2)16(20)10-15(14)18/h4-6,8-10,17H,3,7H2,1-2H3. The molecule has 0 heterocycles. The van der Waals surface area contributed by atoms with Crippen molar-refractivity contribution in [3.05, 3.63) is 63.9 Å². The van der Waals surface area contributed by atoms with E-state index in [4.69, 9.17) is 27.9 Å². The van der Waals surface area contributed by atoms with Crippen LogP contribution in [0.4, 0.5) is 4.39 Å². The van der Waals surface area contributed by atoms with E-state index in [1.165, 1.54) is 6.07 Å². The second kappa shape index (κ2) is 7.15. The van der Waals surface area contributed by atoms with E-state index in [1.54, 1.807) is 13.0 Å². The van der Waals surface area contributed by atoms with Gasteiger partial charge in [0.2, 0.25) is 0 Å². The molecule has 0 fully saturated rings. The van der Waals surface area contributed by atoms with Crippen LogP contribution in [-0.2, 0) is 0 Å². The number of rotatable bonds is 5. The van der Waals surface area contributed by atoms with Gasteiger partial charge < -0.3 is 4.74 Å². The Balaban J connectivity index is 2.31. The lowest BCUT2D eigenvalue weighted by Gasteiger charge is -2.15. The fourth-order valence-corrected chi connectivity index (χ4v) is 2.67. The lowest BCUT2D eigenvalue weighted by Crippen LogP contribution is -1.99. The molecule has 0 bridgehead atoms. The Morgan fingerprint density at radius 1 is 1.24 bits per heavy atom. The molecule has 2 aromatic rings. The van der Waals surface area contributed by atoms with Crippen LogP contribution in [0.1, 0.15) is 35.4 Å². The minimum absolute atomic E-state index is 0.326. The van der Waals surface area contributed by atoms with Gasteiger partial charge in [-0.15, -0.1) is 11.6 Å². The van der Waals surface area contributed by atoms with E-state index in [1.807, 2.05) is 24.3 Å². The molecule has 0 aliphatic heterocycles. The Kier molecular flexibility index (Phi) is 5.49. The molecule has 2 aromatic carbocycles. The minimum atomic E-state index is -0.443. The molecule has 0 N–H and O–H groups in total. The molecule has 0 aromatic heterocycles. The summed E-state index contributed by atoms with van der Waals surface area (Å²) in [5.74, 6) is 0.447. The van der Waals surface area contributed by atoms with Crippen molar-refractivity contribution >= 4 is 23.2 Å². The summed E-state index contributed by atoms with van der Waals surface area (Å²) in [6.07, 6.45) is 0.942. The van der Waals surface area contributed by atoms with Crippen LogP contribution in [0.3, 0.4) is 0 Å². The molecule has 0 saturated carbocycles. The maximum absolute atomic E-state index is 13.5. The molecule has 0 aliphatic carbocycles. The molecule has 0 spiro atoms. The van der Waals surface area contributed by atoms with Gasteiger partial charge in [-0.2, -0.15) is 0 Å². The van der Waals surface area contributed by atoms with Gasteiger partial charge in [-0.1, -0.05) is 30.7 Å². The molecule has 0 amide bonds. The van der Waals surface area contributed by atoms with Gasteiger partial charge in [0.25, 0.3) is 0 Å². The Bertz CT molecular complexity index is 628. The highest BCUT2D eigenvalue weighted by molar-refractivity contribution is 6.33. The summed E-state index contributed by atoms with van der Waals surface area (Å²) >= 11 is 12.6. The van der Waals surface area contributed by atoms with E-state index in [-0.39, 0.29) is 5.82 Å². The first kappa shape index (κ1) is 16.1. The van der Waals surface area contributed by atoms with E-state index < -0.39 is 5.38 Å². The van der Waals surface area contributed by atoms with Gasteiger partial charge in [-0.05, 0) is 54.3 Å². The summed E-state index contributed by atoms with van der Waals surface area (Å²) in [5, 5.41) is -0.111. The highest BCUT2D eigenvalue weighted by atomic mass is 35.5. The van der Waals surface area contributed by atoms with Gasteiger partial charge in [-0.25, -0.2) is 4.39 Å². The maximum atomic E-state index is 13.5. The third kappa shape index (κ3) is 3.90. The van der Waals surface area contributed by atoms with Crippen molar-refractivity contribution < 1.29 is 9.13 Å². The fraction of sp³-hybridized carbons (Fsp3) is 0.294. The molecule has 1 unspecified atom stereocenters. The highest BCUT2D eigenvalue weighted by Gasteiger charge is 2.17. The van der Waals surface area contributed by atoms with E-state index in [0.29, 0.717) is 22.8 Å². The molecular weight excluding hydrogens is 310 g/mol. The summed E-state index contributed by atoms with van der Waals surface area (Å²) in [5.41, 5.74) is 2.10. The molecule has 4 heteroatoms. The number of aryl methyl sites for hydroxylation is 1. The zero-order chi connectivity index (χ0) is 15.4. The van der Waals surface area contributed by atoms with Gasteiger partial charge in [0.05, 0.1) is 12.0 Å². The van der Waals surface area contributed by atoms with Crippen molar-refractivity contribution in [1.82, 2.24) is 0 Å². The fourth-order valence-electron chi connectivity index (χ4n) is 2.04. The Morgan fingerprint density at radius 3 is 2.71 bits per heavy atom. The van der Waals surface area contributed by atoms with Crippen molar-refractivity contribution in [2.75, 3.05) is 6.61 Å². The summed E-state index contributed by atoms with van der Waals surface area (Å²) in [7, 11) is 0. The first-order chi connectivity index (χ1) is 10.0. The molecule has 0 radical (unpaired) electrons. The van der Waals surface area contributed by atoms with E-state index in [2.05, 4.69) is 6.92 Å². The van der Waals surface area contributed by atoms with Crippen molar-refractivity contribution in [1.29, 1.82) is 0 Å².